The van der Waals surface area contributed by atoms with E-state index in [1.807, 2.05) is 57.2 Å². The smallest absolute Gasteiger partial charge is 0.337 e. The first kappa shape index (κ1) is 30.3. The number of nitrogens with zero attached hydrogens (tertiary/aromatic N) is 3. The van der Waals surface area contributed by atoms with Crippen LogP contribution in [-0.2, 0) is 23.9 Å². The number of fused-ring (bicyclic) bond motifs is 1. The molecule has 2 aromatic rings. The van der Waals surface area contributed by atoms with Gasteiger partial charge in [-0.1, -0.05) is 68.2 Å². The van der Waals surface area contributed by atoms with Crippen molar-refractivity contribution < 1.29 is 23.9 Å². The lowest BCUT2D eigenvalue weighted by Gasteiger charge is -2.35. The number of allylic oxidation sites excluding steroid dienone is 1. The molecule has 2 heterocycles. The third-order valence-electron chi connectivity index (χ3n) is 7.78. The molecular formula is C32H35Cl2N3O5. The summed E-state index contributed by atoms with van der Waals surface area (Å²) in [5.74, 6) is -1.19. The lowest BCUT2D eigenvalue weighted by atomic mass is 9.77. The number of carbonyl (C=O) groups is 3. The molecule has 2 aliphatic heterocycles. The average Bonchev–Trinajstić information content (AvgIpc) is 3.37. The Kier molecular flexibility index (Phi) is 9.06. The Labute approximate surface area is 256 Å². The average molecular weight is 613 g/mol. The molecule has 3 atom stereocenters. The predicted octanol–water partition coefficient (Wildman–Crippen LogP) is 5.93. The number of carbonyl (C=O) groups excluding carboxylic acids is 3. The van der Waals surface area contributed by atoms with Gasteiger partial charge in [-0.25, -0.2) is 9.80 Å². The molecule has 10 heteroatoms. The highest BCUT2D eigenvalue weighted by Gasteiger charge is 2.44. The molecule has 8 nitrogen and oxygen atoms in total. The predicted molar refractivity (Wildman–Crippen MR) is 162 cm³/mol. The van der Waals surface area contributed by atoms with E-state index >= 15 is 0 Å². The molecular weight excluding hydrogens is 577 g/mol. The first-order valence-electron chi connectivity index (χ1n) is 14.2. The van der Waals surface area contributed by atoms with Gasteiger partial charge in [0.15, 0.2) is 12.7 Å². The summed E-state index contributed by atoms with van der Waals surface area (Å²) in [5, 5.41) is 7.55. The third-order valence-corrected chi connectivity index (χ3v) is 8.28. The lowest BCUT2D eigenvalue weighted by molar-refractivity contribution is -0.170. The van der Waals surface area contributed by atoms with E-state index in [-0.39, 0.29) is 31.0 Å². The zero-order chi connectivity index (χ0) is 30.0. The molecule has 1 saturated heterocycles. The largest absolute Gasteiger partial charge is 0.454 e. The van der Waals surface area contributed by atoms with Gasteiger partial charge in [-0.05, 0) is 66.3 Å². The second-order valence-corrected chi connectivity index (χ2v) is 12.8. The maximum absolute atomic E-state index is 13.6. The molecule has 0 aromatic heterocycles. The number of hydrazone groups is 1. The number of esters is 1. The van der Waals surface area contributed by atoms with Crippen LogP contribution in [0.1, 0.15) is 57.2 Å². The quantitative estimate of drug-likeness (QED) is 0.391. The van der Waals surface area contributed by atoms with Crippen LogP contribution < -0.4 is 0 Å². The van der Waals surface area contributed by atoms with E-state index in [2.05, 4.69) is 6.08 Å². The molecule has 0 radical (unpaired) electrons. The molecule has 0 bridgehead atoms. The van der Waals surface area contributed by atoms with Crippen LogP contribution in [0.25, 0.3) is 6.08 Å². The van der Waals surface area contributed by atoms with E-state index in [0.717, 1.165) is 41.7 Å². The van der Waals surface area contributed by atoms with Gasteiger partial charge in [-0.2, -0.15) is 5.10 Å². The first-order valence-corrected chi connectivity index (χ1v) is 15.0. The summed E-state index contributed by atoms with van der Waals surface area (Å²) in [6.45, 7) is 5.72. The second-order valence-electron chi connectivity index (χ2n) is 11.9. The normalized spacial score (nSPS) is 23.4. The summed E-state index contributed by atoms with van der Waals surface area (Å²) >= 11 is 12.2. The molecule has 5 rings (SSSR count). The van der Waals surface area contributed by atoms with Crippen molar-refractivity contribution in [1.29, 1.82) is 0 Å². The van der Waals surface area contributed by atoms with Gasteiger partial charge >= 0.3 is 5.97 Å². The van der Waals surface area contributed by atoms with Crippen LogP contribution in [-0.4, -0.2) is 65.8 Å². The van der Waals surface area contributed by atoms with Gasteiger partial charge in [-0.3, -0.25) is 9.59 Å². The number of ether oxygens (including phenoxy) is 2. The molecule has 2 aromatic carbocycles. The Morgan fingerprint density at radius 1 is 1.05 bits per heavy atom. The van der Waals surface area contributed by atoms with E-state index in [0.29, 0.717) is 16.6 Å². The van der Waals surface area contributed by atoms with Crippen LogP contribution >= 0.6 is 23.2 Å². The van der Waals surface area contributed by atoms with Gasteiger partial charge in [0.05, 0.1) is 24.9 Å². The fourth-order valence-electron chi connectivity index (χ4n) is 5.70. The fourth-order valence-corrected chi connectivity index (χ4v) is 5.96. The Morgan fingerprint density at radius 3 is 2.38 bits per heavy atom. The SMILES string of the molecule is CC(C)(C)C(=O)N1CCOC(C(=O)OCC(=O)N2N=C3/C(=C\c4ccc(Cl)cc4)CCCC3C2c2ccc(Cl)cc2)C1. The summed E-state index contributed by atoms with van der Waals surface area (Å²) in [6, 6.07) is 14.7. The van der Waals surface area contributed by atoms with Crippen LogP contribution in [0, 0.1) is 11.3 Å². The van der Waals surface area contributed by atoms with Gasteiger partial charge in [0.1, 0.15) is 0 Å². The molecule has 0 spiro atoms. The minimum atomic E-state index is -0.953. The van der Waals surface area contributed by atoms with Crippen LogP contribution in [0.4, 0.5) is 0 Å². The molecule has 3 unspecified atom stereocenters. The summed E-state index contributed by atoms with van der Waals surface area (Å²) in [7, 11) is 0. The molecule has 1 saturated carbocycles. The molecule has 2 fully saturated rings. The fraction of sp³-hybridized carbons (Fsp3) is 0.438. The van der Waals surface area contributed by atoms with E-state index in [1.54, 1.807) is 17.0 Å². The van der Waals surface area contributed by atoms with Gasteiger partial charge in [-0.15, -0.1) is 0 Å². The molecule has 3 aliphatic rings. The topological polar surface area (TPSA) is 88.5 Å². The van der Waals surface area contributed by atoms with Gasteiger partial charge in [0, 0.05) is 27.9 Å². The van der Waals surface area contributed by atoms with Crippen molar-refractivity contribution >= 4 is 52.8 Å². The maximum atomic E-state index is 13.6. The number of benzene rings is 2. The van der Waals surface area contributed by atoms with Crippen molar-refractivity contribution in [2.24, 2.45) is 16.4 Å². The highest BCUT2D eigenvalue weighted by atomic mass is 35.5. The summed E-state index contributed by atoms with van der Waals surface area (Å²) in [6.07, 6.45) is 3.80. The van der Waals surface area contributed by atoms with Gasteiger partial charge < -0.3 is 14.4 Å². The van der Waals surface area contributed by atoms with E-state index in [9.17, 15) is 14.4 Å². The van der Waals surface area contributed by atoms with E-state index < -0.39 is 30.0 Å². The van der Waals surface area contributed by atoms with Crippen LogP contribution in [0.15, 0.2) is 59.2 Å². The summed E-state index contributed by atoms with van der Waals surface area (Å²) < 4.78 is 11.0. The third kappa shape index (κ3) is 6.72. The van der Waals surface area contributed by atoms with Crippen molar-refractivity contribution in [2.75, 3.05) is 26.3 Å². The minimum absolute atomic E-state index is 0.0169. The van der Waals surface area contributed by atoms with E-state index in [4.69, 9.17) is 37.8 Å². The number of rotatable bonds is 5. The molecule has 42 heavy (non-hydrogen) atoms. The van der Waals surface area contributed by atoms with Crippen molar-refractivity contribution in [3.8, 4) is 0 Å². The minimum Gasteiger partial charge on any atom is -0.454 e. The maximum Gasteiger partial charge on any atom is 0.337 e. The molecule has 0 N–H and O–H groups in total. The van der Waals surface area contributed by atoms with Crippen molar-refractivity contribution in [3.05, 3.63) is 75.3 Å². The highest BCUT2D eigenvalue weighted by Crippen LogP contribution is 2.44. The van der Waals surface area contributed by atoms with Crippen molar-refractivity contribution in [2.45, 2.75) is 52.2 Å². The van der Waals surface area contributed by atoms with Gasteiger partial charge in [0.25, 0.3) is 5.91 Å². The zero-order valence-electron chi connectivity index (χ0n) is 24.0. The van der Waals surface area contributed by atoms with Crippen LogP contribution in [0.2, 0.25) is 10.0 Å². The zero-order valence-corrected chi connectivity index (χ0v) is 25.5. The molecule has 1 aliphatic carbocycles. The van der Waals surface area contributed by atoms with Gasteiger partial charge in [0.2, 0.25) is 5.91 Å². The number of amides is 2. The number of halogens is 2. The van der Waals surface area contributed by atoms with E-state index in [1.165, 1.54) is 5.01 Å². The summed E-state index contributed by atoms with van der Waals surface area (Å²) in [4.78, 5) is 40.9. The Hall–Kier alpha value is -3.20. The van der Waals surface area contributed by atoms with Crippen LogP contribution in [0.3, 0.4) is 0 Å². The summed E-state index contributed by atoms with van der Waals surface area (Å²) in [5.41, 5.74) is 3.26. The van der Waals surface area contributed by atoms with Crippen molar-refractivity contribution in [3.63, 3.8) is 0 Å². The number of hydrogen-bond donors (Lipinski definition) is 0. The first-order chi connectivity index (χ1) is 20.0. The Bertz CT molecular complexity index is 1400. The Morgan fingerprint density at radius 2 is 1.71 bits per heavy atom. The van der Waals surface area contributed by atoms with Crippen LogP contribution in [0.5, 0.6) is 0 Å². The standard InChI is InChI=1S/C32H35Cl2N3O5/c1-32(2,3)31(40)36-15-16-41-26(18-36)30(39)42-19-27(38)37-29(21-9-13-24(34)14-10-21)25-6-4-5-22(28(25)35-37)17-20-7-11-23(33)12-8-20/h7-14,17,25-26,29H,4-6,15-16,18-19H2,1-3H3/b22-17-. The monoisotopic (exact) mass is 611 g/mol. The molecule has 2 amide bonds. The molecule has 222 valence electrons. The second kappa shape index (κ2) is 12.6. The number of hydrogen-bond acceptors (Lipinski definition) is 6. The van der Waals surface area contributed by atoms with Crippen molar-refractivity contribution in [1.82, 2.24) is 9.91 Å². The highest BCUT2D eigenvalue weighted by molar-refractivity contribution is 6.30. The Balaban J connectivity index is 1.34. The number of morpholine rings is 1. The lowest BCUT2D eigenvalue weighted by Crippen LogP contribution is -2.52.